The topological polar surface area (TPSA) is 78.8 Å². The molecule has 1 aromatic rings. The summed E-state index contributed by atoms with van der Waals surface area (Å²) in [6.45, 7) is 0. The molecule has 80 valence electrons. The molecule has 1 amide bonds. The largest absolute Gasteiger partial charge is 0.481 e. The van der Waals surface area contributed by atoms with Gasteiger partial charge in [0, 0.05) is 4.88 Å². The summed E-state index contributed by atoms with van der Waals surface area (Å²) >= 11 is 4.73. The van der Waals surface area contributed by atoms with Crippen LogP contribution in [0.3, 0.4) is 0 Å². The van der Waals surface area contributed by atoms with E-state index in [1.54, 1.807) is 0 Å². The first-order chi connectivity index (χ1) is 7.08. The van der Waals surface area contributed by atoms with Gasteiger partial charge in [0.1, 0.15) is 6.42 Å². The average Bonchev–Trinajstić information content (AvgIpc) is 2.50. The van der Waals surface area contributed by atoms with Crippen LogP contribution in [0.5, 0.6) is 0 Å². The molecular weight excluding hydrogens is 284 g/mol. The summed E-state index contributed by atoms with van der Waals surface area (Å²) in [6, 6.07) is 3.67. The molecule has 0 saturated heterocycles. The van der Waals surface area contributed by atoms with Crippen molar-refractivity contribution in [1.82, 2.24) is 5.43 Å². The third kappa shape index (κ3) is 4.71. The predicted octanol–water partition coefficient (Wildman–Crippen LogP) is 1.44. The molecule has 2 N–H and O–H groups in total. The zero-order valence-corrected chi connectivity index (χ0v) is 9.84. The Morgan fingerprint density at radius 2 is 2.33 bits per heavy atom. The maximum absolute atomic E-state index is 10.8. The number of hydrogen-bond acceptors (Lipinski definition) is 4. The van der Waals surface area contributed by atoms with Crippen LogP contribution < -0.4 is 5.43 Å². The molecule has 5 nitrogen and oxygen atoms in total. The third-order valence-corrected chi connectivity index (χ3v) is 2.85. The lowest BCUT2D eigenvalue weighted by Gasteiger charge is -1.93. The van der Waals surface area contributed by atoms with E-state index in [1.807, 2.05) is 12.1 Å². The lowest BCUT2D eigenvalue weighted by Crippen LogP contribution is -2.20. The van der Waals surface area contributed by atoms with E-state index in [0.717, 1.165) is 8.66 Å². The maximum Gasteiger partial charge on any atom is 0.312 e. The van der Waals surface area contributed by atoms with E-state index in [0.29, 0.717) is 0 Å². The summed E-state index contributed by atoms with van der Waals surface area (Å²) in [7, 11) is 0. The SMILES string of the molecule is O=C(O)CC(=O)N/N=C\c1ccc(Br)s1. The number of carboxylic acid groups (broad SMARTS) is 1. The fourth-order valence-electron chi connectivity index (χ4n) is 0.742. The quantitative estimate of drug-likeness (QED) is 0.500. The summed E-state index contributed by atoms with van der Waals surface area (Å²) in [5, 5.41) is 11.9. The molecule has 0 atom stereocenters. The fourth-order valence-corrected chi connectivity index (χ4v) is 2.04. The van der Waals surface area contributed by atoms with Gasteiger partial charge in [-0.3, -0.25) is 9.59 Å². The van der Waals surface area contributed by atoms with Gasteiger partial charge in [0.05, 0.1) is 10.0 Å². The van der Waals surface area contributed by atoms with Crippen LogP contribution >= 0.6 is 27.3 Å². The Balaban J connectivity index is 2.40. The smallest absolute Gasteiger partial charge is 0.312 e. The zero-order valence-electron chi connectivity index (χ0n) is 7.44. The highest BCUT2D eigenvalue weighted by Gasteiger charge is 2.05. The van der Waals surface area contributed by atoms with E-state index >= 15 is 0 Å². The zero-order chi connectivity index (χ0) is 11.3. The minimum Gasteiger partial charge on any atom is -0.481 e. The number of carboxylic acids is 1. The number of nitrogens with one attached hydrogen (secondary N) is 1. The number of carbonyl (C=O) groups excluding carboxylic acids is 1. The van der Waals surface area contributed by atoms with Crippen LogP contribution in [-0.4, -0.2) is 23.2 Å². The van der Waals surface area contributed by atoms with E-state index < -0.39 is 18.3 Å². The minimum atomic E-state index is -1.18. The second kappa shape index (κ2) is 5.62. The monoisotopic (exact) mass is 290 g/mol. The van der Waals surface area contributed by atoms with Crippen LogP contribution in [0.25, 0.3) is 0 Å². The van der Waals surface area contributed by atoms with Crippen molar-refractivity contribution in [3.05, 3.63) is 20.8 Å². The lowest BCUT2D eigenvalue weighted by atomic mass is 10.4. The molecule has 15 heavy (non-hydrogen) atoms. The van der Waals surface area contributed by atoms with Crippen LogP contribution in [-0.2, 0) is 9.59 Å². The van der Waals surface area contributed by atoms with Gasteiger partial charge in [0.15, 0.2) is 0 Å². The van der Waals surface area contributed by atoms with Gasteiger partial charge in [-0.15, -0.1) is 11.3 Å². The van der Waals surface area contributed by atoms with Gasteiger partial charge in [0.2, 0.25) is 0 Å². The van der Waals surface area contributed by atoms with E-state index in [1.165, 1.54) is 17.6 Å². The van der Waals surface area contributed by atoms with Crippen molar-refractivity contribution in [3.63, 3.8) is 0 Å². The van der Waals surface area contributed by atoms with Gasteiger partial charge >= 0.3 is 5.97 Å². The number of amides is 1. The van der Waals surface area contributed by atoms with Crippen molar-refractivity contribution in [2.45, 2.75) is 6.42 Å². The normalized spacial score (nSPS) is 10.5. The number of halogens is 1. The molecule has 0 fully saturated rings. The minimum absolute atomic E-state index is 0.578. The van der Waals surface area contributed by atoms with Gasteiger partial charge in [-0.1, -0.05) is 0 Å². The molecule has 0 bridgehead atoms. The van der Waals surface area contributed by atoms with Crippen molar-refractivity contribution in [3.8, 4) is 0 Å². The summed E-state index contributed by atoms with van der Waals surface area (Å²) in [5.74, 6) is -1.82. The number of thiophene rings is 1. The molecule has 1 aromatic heterocycles. The van der Waals surface area contributed by atoms with Gasteiger partial charge in [0.25, 0.3) is 5.91 Å². The highest BCUT2D eigenvalue weighted by molar-refractivity contribution is 9.11. The molecule has 0 aromatic carbocycles. The fraction of sp³-hybridized carbons (Fsp3) is 0.125. The van der Waals surface area contributed by atoms with Crippen molar-refractivity contribution >= 4 is 45.4 Å². The second-order valence-electron chi connectivity index (χ2n) is 2.51. The molecule has 1 rings (SSSR count). The molecule has 0 aliphatic carbocycles. The van der Waals surface area contributed by atoms with E-state index in [9.17, 15) is 9.59 Å². The summed E-state index contributed by atoms with van der Waals surface area (Å²) < 4.78 is 0.959. The third-order valence-electron chi connectivity index (χ3n) is 1.29. The van der Waals surface area contributed by atoms with E-state index in [-0.39, 0.29) is 0 Å². The summed E-state index contributed by atoms with van der Waals surface area (Å²) in [5.41, 5.74) is 2.11. The van der Waals surface area contributed by atoms with Crippen molar-refractivity contribution in [2.24, 2.45) is 5.10 Å². The second-order valence-corrected chi connectivity index (χ2v) is 5.00. The number of aliphatic carboxylic acids is 1. The molecule has 0 saturated carbocycles. The standard InChI is InChI=1S/C8H7BrN2O3S/c9-6-2-1-5(15-6)4-10-11-7(12)3-8(13)14/h1-2,4H,3H2,(H,11,12)(H,13,14)/b10-4-. The average molecular weight is 291 g/mol. The molecule has 1 heterocycles. The first kappa shape index (κ1) is 11.9. The Hall–Kier alpha value is -1.21. The molecule has 0 aliphatic rings. The Morgan fingerprint density at radius 3 is 2.87 bits per heavy atom. The molecule has 0 aliphatic heterocycles. The number of hydrazone groups is 1. The Kier molecular flexibility index (Phi) is 4.44. The van der Waals surface area contributed by atoms with Crippen LogP contribution in [0.4, 0.5) is 0 Å². The van der Waals surface area contributed by atoms with Crippen molar-refractivity contribution < 1.29 is 14.7 Å². The molecule has 0 spiro atoms. The van der Waals surface area contributed by atoms with Crippen LogP contribution in [0.2, 0.25) is 0 Å². The first-order valence-corrected chi connectivity index (χ1v) is 5.48. The molecule has 7 heteroatoms. The maximum atomic E-state index is 10.8. The highest BCUT2D eigenvalue weighted by Crippen LogP contribution is 2.20. The van der Waals surface area contributed by atoms with Crippen LogP contribution in [0.15, 0.2) is 21.0 Å². The molecular formula is C8H7BrN2O3S. The summed E-state index contributed by atoms with van der Waals surface area (Å²) in [6.07, 6.45) is 0.876. The number of rotatable bonds is 4. The predicted molar refractivity (Wildman–Crippen MR) is 60.0 cm³/mol. The molecule has 0 unspecified atom stereocenters. The van der Waals surface area contributed by atoms with Crippen LogP contribution in [0.1, 0.15) is 11.3 Å². The number of carbonyl (C=O) groups is 2. The summed E-state index contributed by atoms with van der Waals surface area (Å²) in [4.78, 5) is 21.8. The first-order valence-electron chi connectivity index (χ1n) is 3.87. The Morgan fingerprint density at radius 1 is 1.60 bits per heavy atom. The van der Waals surface area contributed by atoms with Gasteiger partial charge < -0.3 is 5.11 Å². The van der Waals surface area contributed by atoms with E-state index in [4.69, 9.17) is 5.11 Å². The van der Waals surface area contributed by atoms with Crippen molar-refractivity contribution in [2.75, 3.05) is 0 Å². The molecule has 0 radical (unpaired) electrons. The van der Waals surface area contributed by atoms with Gasteiger partial charge in [-0.2, -0.15) is 5.10 Å². The highest BCUT2D eigenvalue weighted by atomic mass is 79.9. The van der Waals surface area contributed by atoms with Crippen LogP contribution in [0, 0.1) is 0 Å². The van der Waals surface area contributed by atoms with E-state index in [2.05, 4.69) is 26.5 Å². The Bertz CT molecular complexity index is 402. The van der Waals surface area contributed by atoms with Crippen molar-refractivity contribution in [1.29, 1.82) is 0 Å². The van der Waals surface area contributed by atoms with Gasteiger partial charge in [-0.05, 0) is 28.1 Å². The Labute approximate surface area is 97.9 Å². The van der Waals surface area contributed by atoms with Gasteiger partial charge in [-0.25, -0.2) is 5.43 Å². The number of hydrogen-bond donors (Lipinski definition) is 2. The number of nitrogens with zero attached hydrogens (tertiary/aromatic N) is 1. The lowest BCUT2D eigenvalue weighted by molar-refractivity contribution is -0.140.